The fourth-order valence-electron chi connectivity index (χ4n) is 7.37. The molecule has 2 aromatic heterocycles. The first-order chi connectivity index (χ1) is 24.1. The van der Waals surface area contributed by atoms with Crippen molar-refractivity contribution in [3.63, 3.8) is 0 Å². The van der Waals surface area contributed by atoms with Gasteiger partial charge in [0.25, 0.3) is 0 Å². The molecule has 0 spiro atoms. The summed E-state index contributed by atoms with van der Waals surface area (Å²) in [7, 11) is 0. The van der Waals surface area contributed by atoms with Gasteiger partial charge in [0.1, 0.15) is 0 Å². The van der Waals surface area contributed by atoms with E-state index < -0.39 is 0 Å². The Morgan fingerprint density at radius 3 is 1.63 bits per heavy atom. The number of anilines is 6. The zero-order chi connectivity index (χ0) is 33.0. The largest absolute Gasteiger partial charge is 0.311 e. The number of fused-ring (bicyclic) bond motifs is 4. The van der Waals surface area contributed by atoms with Crippen LogP contribution in [-0.2, 0) is 5.41 Å². The van der Waals surface area contributed by atoms with Crippen LogP contribution in [0.4, 0.5) is 34.1 Å². The second-order valence-electron chi connectivity index (χ2n) is 13.1. The van der Waals surface area contributed by atoms with Gasteiger partial charge in [-0.05, 0) is 105 Å². The van der Waals surface area contributed by atoms with Gasteiger partial charge in [-0.15, -0.1) is 22.7 Å². The molecule has 0 fully saturated rings. The van der Waals surface area contributed by atoms with Gasteiger partial charge < -0.3 is 9.80 Å². The standard InChI is InChI=1S/C45H34N2S2/c1-45(2)40-16-10-9-15-38(40)39-26-25-37(29-41(39)45)47(42-30-49-43-27-28-48-44(42)43)36-23-19-32(20-24-36)31-17-21-35(22-18-31)46(33-11-5-3-6-12-33)34-13-7-4-8-14-34/h3-30H,1-2H3. The number of benzene rings is 6. The molecule has 0 unspecified atom stereocenters. The summed E-state index contributed by atoms with van der Waals surface area (Å²) >= 11 is 3.64. The first-order valence-corrected chi connectivity index (χ1v) is 18.4. The highest BCUT2D eigenvalue weighted by Crippen LogP contribution is 2.51. The first kappa shape index (κ1) is 29.7. The van der Waals surface area contributed by atoms with Crippen LogP contribution in [0, 0.1) is 0 Å². The van der Waals surface area contributed by atoms with E-state index in [-0.39, 0.29) is 5.41 Å². The fraction of sp³-hybridized carbons (Fsp3) is 0.0667. The minimum Gasteiger partial charge on any atom is -0.311 e. The molecule has 0 saturated carbocycles. The second kappa shape index (κ2) is 11.9. The van der Waals surface area contributed by atoms with Crippen LogP contribution in [0.1, 0.15) is 25.0 Å². The van der Waals surface area contributed by atoms with Gasteiger partial charge in [-0.1, -0.05) is 105 Å². The molecule has 9 rings (SSSR count). The van der Waals surface area contributed by atoms with E-state index in [9.17, 15) is 0 Å². The van der Waals surface area contributed by atoms with E-state index in [2.05, 4.69) is 192 Å². The molecule has 236 valence electrons. The van der Waals surface area contributed by atoms with Crippen molar-refractivity contribution in [1.29, 1.82) is 0 Å². The highest BCUT2D eigenvalue weighted by molar-refractivity contribution is 7.27. The van der Waals surface area contributed by atoms with Gasteiger partial charge in [-0.2, -0.15) is 0 Å². The SMILES string of the molecule is CC1(C)c2ccccc2-c2ccc(N(c3ccc(-c4ccc(N(c5ccccc5)c5ccccc5)cc4)cc3)c3csc4ccsc34)cc21. The molecule has 2 heterocycles. The number of para-hydroxylation sites is 2. The smallest absolute Gasteiger partial charge is 0.0747 e. The predicted octanol–water partition coefficient (Wildman–Crippen LogP) is 13.9. The Morgan fingerprint density at radius 1 is 0.449 bits per heavy atom. The zero-order valence-electron chi connectivity index (χ0n) is 27.4. The summed E-state index contributed by atoms with van der Waals surface area (Å²) in [6.07, 6.45) is 0. The highest BCUT2D eigenvalue weighted by Gasteiger charge is 2.35. The maximum Gasteiger partial charge on any atom is 0.0747 e. The van der Waals surface area contributed by atoms with Gasteiger partial charge in [0.2, 0.25) is 0 Å². The maximum atomic E-state index is 2.44. The van der Waals surface area contributed by atoms with Gasteiger partial charge in [-0.3, -0.25) is 0 Å². The lowest BCUT2D eigenvalue weighted by molar-refractivity contribution is 0.660. The summed E-state index contributed by atoms with van der Waals surface area (Å²) in [5.41, 5.74) is 14.8. The molecule has 1 aliphatic rings. The lowest BCUT2D eigenvalue weighted by atomic mass is 9.82. The number of nitrogens with zero attached hydrogens (tertiary/aromatic N) is 2. The van der Waals surface area contributed by atoms with Crippen LogP contribution in [-0.4, -0.2) is 0 Å². The van der Waals surface area contributed by atoms with E-state index in [4.69, 9.17) is 0 Å². The first-order valence-electron chi connectivity index (χ1n) is 16.7. The van der Waals surface area contributed by atoms with Crippen molar-refractivity contribution in [2.24, 2.45) is 0 Å². The number of rotatable bonds is 7. The van der Waals surface area contributed by atoms with E-state index in [1.165, 1.54) is 54.2 Å². The predicted molar refractivity (Wildman–Crippen MR) is 212 cm³/mol. The average Bonchev–Trinajstić information content (AvgIpc) is 3.84. The second-order valence-corrected chi connectivity index (χ2v) is 14.9. The van der Waals surface area contributed by atoms with Crippen LogP contribution < -0.4 is 9.80 Å². The van der Waals surface area contributed by atoms with Crippen molar-refractivity contribution in [1.82, 2.24) is 0 Å². The lowest BCUT2D eigenvalue weighted by Crippen LogP contribution is -2.16. The van der Waals surface area contributed by atoms with E-state index in [1.54, 1.807) is 0 Å². The molecular formula is C45H34N2S2. The Hall–Kier alpha value is -5.42. The molecule has 0 saturated heterocycles. The summed E-state index contributed by atoms with van der Waals surface area (Å²) in [4.78, 5) is 4.74. The van der Waals surface area contributed by atoms with Crippen molar-refractivity contribution in [2.75, 3.05) is 9.80 Å². The van der Waals surface area contributed by atoms with Crippen LogP contribution in [0.2, 0.25) is 0 Å². The highest BCUT2D eigenvalue weighted by atomic mass is 32.1. The monoisotopic (exact) mass is 666 g/mol. The van der Waals surface area contributed by atoms with Crippen LogP contribution in [0.25, 0.3) is 31.7 Å². The minimum absolute atomic E-state index is 0.0624. The van der Waals surface area contributed by atoms with Crippen molar-refractivity contribution in [3.05, 3.63) is 180 Å². The molecule has 6 aromatic carbocycles. The van der Waals surface area contributed by atoms with Crippen LogP contribution in [0.3, 0.4) is 0 Å². The van der Waals surface area contributed by atoms with Gasteiger partial charge >= 0.3 is 0 Å². The Bertz CT molecular complexity index is 2360. The van der Waals surface area contributed by atoms with Crippen LogP contribution >= 0.6 is 22.7 Å². The molecule has 2 nitrogen and oxygen atoms in total. The normalized spacial score (nSPS) is 12.9. The summed E-state index contributed by atoms with van der Waals surface area (Å²) in [6.45, 7) is 4.71. The molecule has 0 N–H and O–H groups in total. The zero-order valence-corrected chi connectivity index (χ0v) is 29.0. The number of hydrogen-bond donors (Lipinski definition) is 0. The van der Waals surface area contributed by atoms with Crippen LogP contribution in [0.15, 0.2) is 168 Å². The molecule has 0 radical (unpaired) electrons. The van der Waals surface area contributed by atoms with Crippen molar-refractivity contribution in [2.45, 2.75) is 19.3 Å². The molecular weight excluding hydrogens is 633 g/mol. The lowest BCUT2D eigenvalue weighted by Gasteiger charge is -2.27. The van der Waals surface area contributed by atoms with Crippen molar-refractivity contribution < 1.29 is 0 Å². The van der Waals surface area contributed by atoms with E-state index >= 15 is 0 Å². The number of hydrogen-bond acceptors (Lipinski definition) is 4. The Labute approximate surface area is 295 Å². The van der Waals surface area contributed by atoms with Crippen LogP contribution in [0.5, 0.6) is 0 Å². The molecule has 49 heavy (non-hydrogen) atoms. The summed E-state index contributed by atoms with van der Waals surface area (Å²) in [5.74, 6) is 0. The topological polar surface area (TPSA) is 6.48 Å². The van der Waals surface area contributed by atoms with E-state index in [0.29, 0.717) is 0 Å². The third-order valence-electron chi connectivity index (χ3n) is 9.84. The summed E-state index contributed by atoms with van der Waals surface area (Å²) in [5, 5.41) is 4.51. The Morgan fingerprint density at radius 2 is 0.980 bits per heavy atom. The summed E-state index contributed by atoms with van der Waals surface area (Å²) in [6, 6.07) is 57.2. The molecule has 0 atom stereocenters. The maximum absolute atomic E-state index is 2.44. The van der Waals surface area contributed by atoms with Gasteiger partial charge in [0.05, 0.1) is 10.4 Å². The molecule has 0 aliphatic heterocycles. The summed E-state index contributed by atoms with van der Waals surface area (Å²) < 4.78 is 2.66. The van der Waals surface area contributed by atoms with Crippen molar-refractivity contribution >= 4 is 66.2 Å². The molecule has 0 amide bonds. The minimum atomic E-state index is -0.0624. The quantitative estimate of drug-likeness (QED) is 0.167. The third-order valence-corrected chi connectivity index (χ3v) is 11.8. The van der Waals surface area contributed by atoms with E-state index in [0.717, 1.165) is 22.7 Å². The Balaban J connectivity index is 1.08. The van der Waals surface area contributed by atoms with E-state index in [1.807, 2.05) is 22.7 Å². The molecule has 8 aromatic rings. The molecule has 0 bridgehead atoms. The van der Waals surface area contributed by atoms with Gasteiger partial charge in [0, 0.05) is 43.9 Å². The fourth-order valence-corrected chi connectivity index (χ4v) is 9.43. The van der Waals surface area contributed by atoms with Crippen molar-refractivity contribution in [3.8, 4) is 22.3 Å². The molecule has 1 aliphatic carbocycles. The third kappa shape index (κ3) is 5.07. The Kier molecular flexibility index (Phi) is 7.23. The van der Waals surface area contributed by atoms with Gasteiger partial charge in [0.15, 0.2) is 0 Å². The molecule has 4 heteroatoms. The average molecular weight is 667 g/mol. The number of thiophene rings is 2. The van der Waals surface area contributed by atoms with Gasteiger partial charge in [-0.25, -0.2) is 0 Å².